The molecule has 0 aliphatic heterocycles. The molecule has 13 heavy (non-hydrogen) atoms. The fourth-order valence-corrected chi connectivity index (χ4v) is 1.59. The van der Waals surface area contributed by atoms with Crippen molar-refractivity contribution < 1.29 is 4.84 Å². The van der Waals surface area contributed by atoms with Gasteiger partial charge in [-0.1, -0.05) is 5.16 Å². The van der Waals surface area contributed by atoms with Crippen molar-refractivity contribution in [2.24, 2.45) is 17.0 Å². The number of rotatable bonds is 6. The van der Waals surface area contributed by atoms with Gasteiger partial charge in [-0.05, 0) is 32.1 Å². The molecule has 0 atom stereocenters. The molecule has 0 amide bonds. The van der Waals surface area contributed by atoms with Crippen LogP contribution in [0.3, 0.4) is 0 Å². The molecule has 0 heterocycles. The summed E-state index contributed by atoms with van der Waals surface area (Å²) < 4.78 is 0. The zero-order chi connectivity index (χ0) is 9.10. The first-order chi connectivity index (χ1) is 6.42. The van der Waals surface area contributed by atoms with Crippen LogP contribution in [0, 0.1) is 11.8 Å². The third-order valence-electron chi connectivity index (χ3n) is 2.53. The summed E-state index contributed by atoms with van der Waals surface area (Å²) in [4.78, 5) is 5.24. The van der Waals surface area contributed by atoms with Crippen molar-refractivity contribution in [1.29, 1.82) is 0 Å². The predicted molar refractivity (Wildman–Crippen MR) is 54.2 cm³/mol. The number of hydrogen-bond acceptors (Lipinski definition) is 2. The molecule has 2 rings (SSSR count). The second kappa shape index (κ2) is 4.32. The predicted octanol–water partition coefficient (Wildman–Crippen LogP) is 2.81. The topological polar surface area (TPSA) is 21.6 Å². The van der Waals surface area contributed by atoms with Crippen LogP contribution < -0.4 is 0 Å². The van der Waals surface area contributed by atoms with Crippen LogP contribution in [0.4, 0.5) is 0 Å². The Balaban J connectivity index is 1.73. The van der Waals surface area contributed by atoms with Crippen molar-refractivity contribution in [1.82, 2.24) is 0 Å². The van der Waals surface area contributed by atoms with Crippen LogP contribution in [0.5, 0.6) is 0 Å². The van der Waals surface area contributed by atoms with Gasteiger partial charge in [-0.2, -0.15) is 0 Å². The lowest BCUT2D eigenvalue weighted by Crippen LogP contribution is -2.05. The molecule has 2 saturated carbocycles. The van der Waals surface area contributed by atoms with E-state index in [2.05, 4.69) is 5.16 Å². The van der Waals surface area contributed by atoms with Crippen LogP contribution in [-0.2, 0) is 4.84 Å². The number of halogens is 1. The molecule has 0 aromatic carbocycles. The van der Waals surface area contributed by atoms with Gasteiger partial charge < -0.3 is 4.84 Å². The van der Waals surface area contributed by atoms with E-state index in [1.54, 1.807) is 0 Å². The molecule has 2 fully saturated rings. The summed E-state index contributed by atoms with van der Waals surface area (Å²) in [5, 5.41) is 4.24. The Morgan fingerprint density at radius 2 is 1.85 bits per heavy atom. The Morgan fingerprint density at radius 3 is 2.31 bits per heavy atom. The fraction of sp³-hybridized carbons (Fsp3) is 0.900. The van der Waals surface area contributed by atoms with Crippen LogP contribution in [0.25, 0.3) is 0 Å². The smallest absolute Gasteiger partial charge is 0.118 e. The zero-order valence-corrected chi connectivity index (χ0v) is 8.59. The minimum Gasteiger partial charge on any atom is -0.396 e. The molecule has 2 nitrogen and oxygen atoms in total. The average Bonchev–Trinajstić information content (AvgIpc) is 2.99. The first kappa shape index (κ1) is 9.32. The van der Waals surface area contributed by atoms with Crippen LogP contribution in [0.2, 0.25) is 0 Å². The van der Waals surface area contributed by atoms with E-state index in [0.717, 1.165) is 18.3 Å². The highest BCUT2D eigenvalue weighted by atomic mass is 35.5. The van der Waals surface area contributed by atoms with E-state index in [-0.39, 0.29) is 0 Å². The molecule has 3 heteroatoms. The molecule has 0 aromatic heterocycles. The van der Waals surface area contributed by atoms with E-state index < -0.39 is 0 Å². The maximum absolute atomic E-state index is 5.54. The van der Waals surface area contributed by atoms with Gasteiger partial charge in [0, 0.05) is 17.7 Å². The normalized spacial score (nSPS) is 21.3. The van der Waals surface area contributed by atoms with E-state index in [9.17, 15) is 0 Å². The molecule has 0 radical (unpaired) electrons. The first-order valence-electron chi connectivity index (χ1n) is 5.17. The lowest BCUT2D eigenvalue weighted by molar-refractivity contribution is 0.143. The van der Waals surface area contributed by atoms with Gasteiger partial charge in [-0.3, -0.25) is 0 Å². The molecular weight excluding hydrogens is 186 g/mol. The summed E-state index contributed by atoms with van der Waals surface area (Å²) in [6.07, 6.45) is 6.21. The molecule has 2 aliphatic rings. The van der Waals surface area contributed by atoms with Crippen LogP contribution in [0.1, 0.15) is 32.1 Å². The van der Waals surface area contributed by atoms with Gasteiger partial charge in [-0.15, -0.1) is 11.6 Å². The number of alkyl halides is 1. The molecule has 0 N–H and O–H groups in total. The average molecular weight is 202 g/mol. The Hall–Kier alpha value is -0.240. The van der Waals surface area contributed by atoms with Crippen molar-refractivity contribution in [3.63, 3.8) is 0 Å². The summed E-state index contributed by atoms with van der Waals surface area (Å²) >= 11 is 5.54. The molecule has 74 valence electrons. The Bertz CT molecular complexity index is 183. The molecule has 2 aliphatic carbocycles. The largest absolute Gasteiger partial charge is 0.396 e. The Kier molecular flexibility index (Phi) is 3.09. The fourth-order valence-electron chi connectivity index (χ4n) is 1.48. The van der Waals surface area contributed by atoms with E-state index in [0.29, 0.717) is 12.5 Å². The molecule has 0 unspecified atom stereocenters. The summed E-state index contributed by atoms with van der Waals surface area (Å²) in [6, 6.07) is 0. The molecular formula is C10H16ClNO. The minimum atomic E-state index is 0.664. The lowest BCUT2D eigenvalue weighted by atomic mass is 10.2. The van der Waals surface area contributed by atoms with Crippen LogP contribution >= 0.6 is 11.6 Å². The van der Waals surface area contributed by atoms with E-state index >= 15 is 0 Å². The third-order valence-corrected chi connectivity index (χ3v) is 2.80. The minimum absolute atomic E-state index is 0.664. The SMILES string of the molecule is ClCCCON=C(C1CC1)C1CC1. The number of hydrogen-bond donors (Lipinski definition) is 0. The standard InChI is InChI=1S/C10H16ClNO/c11-6-1-7-13-12-10(8-2-3-8)9-4-5-9/h8-9H,1-7H2. The Labute approximate surface area is 84.3 Å². The Morgan fingerprint density at radius 1 is 1.23 bits per heavy atom. The summed E-state index contributed by atoms with van der Waals surface area (Å²) in [5.41, 5.74) is 1.34. The van der Waals surface area contributed by atoms with E-state index in [1.807, 2.05) is 0 Å². The number of oxime groups is 1. The summed E-state index contributed by atoms with van der Waals surface area (Å²) in [7, 11) is 0. The molecule has 0 bridgehead atoms. The quantitative estimate of drug-likeness (QED) is 0.280. The monoisotopic (exact) mass is 201 g/mol. The van der Waals surface area contributed by atoms with Crippen LogP contribution in [-0.4, -0.2) is 18.2 Å². The van der Waals surface area contributed by atoms with Crippen molar-refractivity contribution in [2.75, 3.05) is 12.5 Å². The van der Waals surface area contributed by atoms with Gasteiger partial charge in [0.2, 0.25) is 0 Å². The highest BCUT2D eigenvalue weighted by Crippen LogP contribution is 2.42. The van der Waals surface area contributed by atoms with Gasteiger partial charge in [0.15, 0.2) is 0 Å². The maximum Gasteiger partial charge on any atom is 0.118 e. The molecule has 0 aromatic rings. The van der Waals surface area contributed by atoms with Gasteiger partial charge in [-0.25, -0.2) is 0 Å². The van der Waals surface area contributed by atoms with Gasteiger partial charge in [0.25, 0.3) is 0 Å². The summed E-state index contributed by atoms with van der Waals surface area (Å²) in [5.74, 6) is 2.20. The van der Waals surface area contributed by atoms with Crippen molar-refractivity contribution >= 4 is 17.3 Å². The van der Waals surface area contributed by atoms with Gasteiger partial charge in [0.05, 0.1) is 5.71 Å². The molecule has 0 saturated heterocycles. The first-order valence-corrected chi connectivity index (χ1v) is 5.71. The zero-order valence-electron chi connectivity index (χ0n) is 7.84. The van der Waals surface area contributed by atoms with Crippen LogP contribution in [0.15, 0.2) is 5.16 Å². The third kappa shape index (κ3) is 2.87. The molecule has 0 spiro atoms. The summed E-state index contributed by atoms with van der Waals surface area (Å²) in [6.45, 7) is 0.673. The van der Waals surface area contributed by atoms with Crippen molar-refractivity contribution in [3.8, 4) is 0 Å². The van der Waals surface area contributed by atoms with Crippen molar-refractivity contribution in [2.45, 2.75) is 32.1 Å². The van der Waals surface area contributed by atoms with Gasteiger partial charge >= 0.3 is 0 Å². The highest BCUT2D eigenvalue weighted by Gasteiger charge is 2.38. The van der Waals surface area contributed by atoms with Crippen molar-refractivity contribution in [3.05, 3.63) is 0 Å². The number of nitrogens with zero attached hydrogens (tertiary/aromatic N) is 1. The van der Waals surface area contributed by atoms with E-state index in [4.69, 9.17) is 16.4 Å². The second-order valence-corrected chi connectivity index (χ2v) is 4.32. The van der Waals surface area contributed by atoms with E-state index in [1.165, 1.54) is 31.4 Å². The highest BCUT2D eigenvalue weighted by molar-refractivity contribution is 6.17. The maximum atomic E-state index is 5.54. The van der Waals surface area contributed by atoms with Gasteiger partial charge in [0.1, 0.15) is 6.61 Å². The second-order valence-electron chi connectivity index (χ2n) is 3.94. The lowest BCUT2D eigenvalue weighted by Gasteiger charge is -2.02.